The fourth-order valence-electron chi connectivity index (χ4n) is 4.10. The number of nitrogens with zero attached hydrogens (tertiary/aromatic N) is 3. The molecule has 2 saturated heterocycles. The molecule has 0 spiro atoms. The normalized spacial score (nSPS) is 22.7. The van der Waals surface area contributed by atoms with Crippen LogP contribution in [0.5, 0.6) is 0 Å². The molecule has 2 unspecified atom stereocenters. The highest BCUT2D eigenvalue weighted by Gasteiger charge is 2.30. The van der Waals surface area contributed by atoms with Gasteiger partial charge >= 0.3 is 0 Å². The van der Waals surface area contributed by atoms with Crippen LogP contribution in [0.25, 0.3) is 0 Å². The molecule has 0 aromatic heterocycles. The molecule has 168 valence electrons. The molecule has 2 N–H and O–H groups in total. The summed E-state index contributed by atoms with van der Waals surface area (Å²) in [5.74, 6) is 1.48. The van der Waals surface area contributed by atoms with Crippen LogP contribution in [0.4, 0.5) is 0 Å². The largest absolute Gasteiger partial charge is 0.373 e. The number of ether oxygens (including phenoxy) is 1. The third-order valence-electron chi connectivity index (χ3n) is 5.57. The number of halogens is 1. The summed E-state index contributed by atoms with van der Waals surface area (Å²) in [6.07, 6.45) is 1.21. The predicted octanol–water partition coefficient (Wildman–Crippen LogP) is 2.10. The summed E-state index contributed by atoms with van der Waals surface area (Å²) < 4.78 is 6.00. The van der Waals surface area contributed by atoms with Crippen molar-refractivity contribution in [2.24, 2.45) is 10.9 Å². The quantitative estimate of drug-likeness (QED) is 0.336. The summed E-state index contributed by atoms with van der Waals surface area (Å²) >= 11 is 0. The molecule has 0 bridgehead atoms. The van der Waals surface area contributed by atoms with Crippen molar-refractivity contribution in [2.45, 2.75) is 32.4 Å². The molecule has 2 atom stereocenters. The summed E-state index contributed by atoms with van der Waals surface area (Å²) in [6.45, 7) is 9.58. The third kappa shape index (κ3) is 7.09. The first kappa shape index (κ1) is 24.9. The Morgan fingerprint density at radius 3 is 2.53 bits per heavy atom. The number of carbonyl (C=O) groups is 1. The Morgan fingerprint density at radius 2 is 1.90 bits per heavy atom. The molecule has 1 aromatic rings. The van der Waals surface area contributed by atoms with Crippen LogP contribution in [0, 0.1) is 5.92 Å². The molecule has 1 amide bonds. The van der Waals surface area contributed by atoms with Crippen LogP contribution in [-0.2, 0) is 9.53 Å². The summed E-state index contributed by atoms with van der Waals surface area (Å²) in [4.78, 5) is 21.0. The average molecular weight is 529 g/mol. The highest BCUT2D eigenvalue weighted by Crippen LogP contribution is 2.33. The molecule has 30 heavy (non-hydrogen) atoms. The molecule has 3 rings (SSSR count). The Kier molecular flexibility index (Phi) is 10.3. The molecule has 0 saturated carbocycles. The minimum Gasteiger partial charge on any atom is -0.373 e. The van der Waals surface area contributed by atoms with Crippen LogP contribution in [0.1, 0.15) is 31.9 Å². The summed E-state index contributed by atoms with van der Waals surface area (Å²) in [5, 5.41) is 6.52. The molecule has 7 nitrogen and oxygen atoms in total. The number of hydrogen-bond acceptors (Lipinski definition) is 4. The fourth-order valence-corrected chi connectivity index (χ4v) is 4.10. The van der Waals surface area contributed by atoms with Gasteiger partial charge in [0.25, 0.3) is 0 Å². The zero-order valence-electron chi connectivity index (χ0n) is 18.3. The molecule has 8 heteroatoms. The lowest BCUT2D eigenvalue weighted by atomic mass is 9.95. The Morgan fingerprint density at radius 1 is 1.20 bits per heavy atom. The van der Waals surface area contributed by atoms with E-state index in [1.54, 1.807) is 0 Å². The number of aliphatic imine (C=N–C) groups is 1. The minimum atomic E-state index is 0. The highest BCUT2D eigenvalue weighted by atomic mass is 127. The van der Waals surface area contributed by atoms with E-state index in [1.807, 2.05) is 27.0 Å². The topological polar surface area (TPSA) is 69.2 Å². The van der Waals surface area contributed by atoms with Crippen LogP contribution >= 0.6 is 24.0 Å². The van der Waals surface area contributed by atoms with Crippen LogP contribution in [0.15, 0.2) is 35.3 Å². The zero-order chi connectivity index (χ0) is 20.6. The Bertz CT molecular complexity index is 677. The third-order valence-corrected chi connectivity index (χ3v) is 5.57. The van der Waals surface area contributed by atoms with E-state index in [9.17, 15) is 4.79 Å². The number of benzene rings is 1. The number of piperazine rings is 1. The second-order valence-corrected chi connectivity index (χ2v) is 8.16. The van der Waals surface area contributed by atoms with E-state index < -0.39 is 0 Å². The maximum atomic E-state index is 12.0. The second-order valence-electron chi connectivity index (χ2n) is 8.16. The van der Waals surface area contributed by atoms with Crippen molar-refractivity contribution in [1.29, 1.82) is 0 Å². The van der Waals surface area contributed by atoms with E-state index in [2.05, 4.69) is 49.7 Å². The number of nitrogens with one attached hydrogen (secondary N) is 2. The fraction of sp³-hybridized carbons (Fsp3) is 0.636. The number of amides is 1. The van der Waals surface area contributed by atoms with Crippen LogP contribution in [0.2, 0.25) is 0 Å². The van der Waals surface area contributed by atoms with Gasteiger partial charge in [-0.25, -0.2) is 0 Å². The van der Waals surface area contributed by atoms with Crippen LogP contribution in [0.3, 0.4) is 0 Å². The first-order valence-electron chi connectivity index (χ1n) is 10.7. The smallest absolute Gasteiger partial charge is 0.234 e. The van der Waals surface area contributed by atoms with E-state index in [0.717, 1.165) is 51.7 Å². The standard InChI is InChI=1S/C22H35N5O2.HI/c1-17(2)25-20(28)16-26-10-12-27(13-11-26)22(23-3)24-15-19-9-14-29-21(19)18-7-5-4-6-8-18;/h4-8,17,19,21H,9-16H2,1-3H3,(H,23,24)(H,25,28);1H. The Hall–Kier alpha value is -1.39. The van der Waals surface area contributed by atoms with E-state index in [1.165, 1.54) is 5.56 Å². The zero-order valence-corrected chi connectivity index (χ0v) is 20.7. The molecule has 2 aliphatic rings. The van der Waals surface area contributed by atoms with Crippen molar-refractivity contribution in [2.75, 3.05) is 52.9 Å². The number of rotatable bonds is 6. The maximum absolute atomic E-state index is 12.0. The predicted molar refractivity (Wildman–Crippen MR) is 131 cm³/mol. The molecule has 1 aromatic carbocycles. The van der Waals surface area contributed by atoms with Gasteiger partial charge in [-0.05, 0) is 25.8 Å². The van der Waals surface area contributed by atoms with Crippen molar-refractivity contribution in [3.05, 3.63) is 35.9 Å². The highest BCUT2D eigenvalue weighted by molar-refractivity contribution is 14.0. The van der Waals surface area contributed by atoms with Gasteiger partial charge in [-0.1, -0.05) is 30.3 Å². The second kappa shape index (κ2) is 12.5. The van der Waals surface area contributed by atoms with Crippen molar-refractivity contribution in [1.82, 2.24) is 20.4 Å². The lowest BCUT2D eigenvalue weighted by Gasteiger charge is -2.36. The molecule has 2 fully saturated rings. The van der Waals surface area contributed by atoms with Crippen molar-refractivity contribution in [3.8, 4) is 0 Å². The first-order chi connectivity index (χ1) is 14.1. The average Bonchev–Trinajstić information content (AvgIpc) is 3.18. The maximum Gasteiger partial charge on any atom is 0.234 e. The Labute approximate surface area is 197 Å². The molecule has 2 aliphatic heterocycles. The van der Waals surface area contributed by atoms with Crippen molar-refractivity contribution in [3.63, 3.8) is 0 Å². The van der Waals surface area contributed by atoms with E-state index in [4.69, 9.17) is 4.74 Å². The van der Waals surface area contributed by atoms with E-state index in [0.29, 0.717) is 12.5 Å². The number of carbonyl (C=O) groups excluding carboxylic acids is 1. The number of guanidine groups is 1. The summed E-state index contributed by atoms with van der Waals surface area (Å²) in [6, 6.07) is 10.7. The lowest BCUT2D eigenvalue weighted by molar-refractivity contribution is -0.123. The van der Waals surface area contributed by atoms with Gasteiger partial charge in [0.2, 0.25) is 5.91 Å². The van der Waals surface area contributed by atoms with Gasteiger partial charge in [-0.2, -0.15) is 0 Å². The van der Waals surface area contributed by atoms with Gasteiger partial charge in [0.05, 0.1) is 12.6 Å². The van der Waals surface area contributed by atoms with Crippen LogP contribution < -0.4 is 10.6 Å². The van der Waals surface area contributed by atoms with Crippen molar-refractivity contribution < 1.29 is 9.53 Å². The molecule has 2 heterocycles. The van der Waals surface area contributed by atoms with Gasteiger partial charge in [-0.15, -0.1) is 24.0 Å². The van der Waals surface area contributed by atoms with E-state index >= 15 is 0 Å². The van der Waals surface area contributed by atoms with Gasteiger partial charge in [0, 0.05) is 58.3 Å². The van der Waals surface area contributed by atoms with Crippen molar-refractivity contribution >= 4 is 35.8 Å². The number of hydrogen-bond donors (Lipinski definition) is 2. The summed E-state index contributed by atoms with van der Waals surface area (Å²) in [5.41, 5.74) is 1.25. The molecular formula is C22H36IN5O2. The first-order valence-corrected chi connectivity index (χ1v) is 10.7. The van der Waals surface area contributed by atoms with Gasteiger partial charge in [0.1, 0.15) is 0 Å². The molecule has 0 aliphatic carbocycles. The molecule has 0 radical (unpaired) electrons. The monoisotopic (exact) mass is 529 g/mol. The Balaban J connectivity index is 0.00000320. The summed E-state index contributed by atoms with van der Waals surface area (Å²) in [7, 11) is 1.84. The SMILES string of the molecule is CN=C(NCC1CCOC1c1ccccc1)N1CCN(CC(=O)NC(C)C)CC1.I. The minimum absolute atomic E-state index is 0. The van der Waals surface area contributed by atoms with Crippen LogP contribution in [-0.4, -0.2) is 80.6 Å². The van der Waals surface area contributed by atoms with Gasteiger partial charge in [-0.3, -0.25) is 14.7 Å². The molecular weight excluding hydrogens is 493 g/mol. The van der Waals surface area contributed by atoms with Gasteiger partial charge < -0.3 is 20.3 Å². The lowest BCUT2D eigenvalue weighted by Crippen LogP contribution is -2.54. The van der Waals surface area contributed by atoms with E-state index in [-0.39, 0.29) is 42.0 Å². The van der Waals surface area contributed by atoms with Gasteiger partial charge in [0.15, 0.2) is 5.96 Å².